The van der Waals surface area contributed by atoms with E-state index in [2.05, 4.69) is 34.8 Å². The molecule has 5 heteroatoms. The summed E-state index contributed by atoms with van der Waals surface area (Å²) in [5.74, 6) is 0.146. The van der Waals surface area contributed by atoms with Gasteiger partial charge in [-0.2, -0.15) is 0 Å². The van der Waals surface area contributed by atoms with E-state index in [4.69, 9.17) is 5.11 Å². The lowest BCUT2D eigenvalue weighted by atomic mass is 10.1. The molecule has 1 aromatic heterocycles. The Balaban J connectivity index is 2.92. The molecule has 0 aliphatic heterocycles. The fourth-order valence-corrected chi connectivity index (χ4v) is 1.78. The van der Waals surface area contributed by atoms with Crippen LogP contribution in [0.25, 0.3) is 0 Å². The number of anilines is 1. The van der Waals surface area contributed by atoms with Crippen molar-refractivity contribution in [2.24, 2.45) is 5.92 Å². The molecule has 0 aliphatic carbocycles. The summed E-state index contributed by atoms with van der Waals surface area (Å²) >= 11 is 3.23. The molecular weight excluding hydrogens is 284 g/mol. The fourth-order valence-electron chi connectivity index (χ4n) is 1.45. The van der Waals surface area contributed by atoms with Crippen molar-refractivity contribution < 1.29 is 9.90 Å². The predicted molar refractivity (Wildman–Crippen MR) is 71.6 cm³/mol. The van der Waals surface area contributed by atoms with Crippen LogP contribution in [0.1, 0.15) is 30.6 Å². The van der Waals surface area contributed by atoms with Crippen LogP contribution < -0.4 is 4.90 Å². The highest BCUT2D eigenvalue weighted by Crippen LogP contribution is 2.21. The summed E-state index contributed by atoms with van der Waals surface area (Å²) < 4.78 is 0.677. The molecule has 4 nitrogen and oxygen atoms in total. The number of aromatic carboxylic acids is 1. The lowest BCUT2D eigenvalue weighted by Crippen LogP contribution is -2.23. The Morgan fingerprint density at radius 3 is 2.76 bits per heavy atom. The van der Waals surface area contributed by atoms with E-state index in [0.717, 1.165) is 13.0 Å². The van der Waals surface area contributed by atoms with Crippen LogP contribution in [0.2, 0.25) is 0 Å². The molecule has 0 aliphatic rings. The first kappa shape index (κ1) is 14.0. The van der Waals surface area contributed by atoms with Gasteiger partial charge in [0.15, 0.2) is 0 Å². The van der Waals surface area contributed by atoms with Crippen molar-refractivity contribution in [1.29, 1.82) is 0 Å². The zero-order valence-electron chi connectivity index (χ0n) is 10.3. The molecule has 0 saturated heterocycles. The largest absolute Gasteiger partial charge is 0.478 e. The fraction of sp³-hybridized carbons (Fsp3) is 0.500. The van der Waals surface area contributed by atoms with Crippen LogP contribution in [0.5, 0.6) is 0 Å². The number of hydrogen-bond acceptors (Lipinski definition) is 3. The summed E-state index contributed by atoms with van der Waals surface area (Å²) in [5.41, 5.74) is 0.227. The van der Waals surface area contributed by atoms with Gasteiger partial charge in [-0.05, 0) is 34.3 Å². The normalized spacial score (nSPS) is 10.6. The first-order valence-electron chi connectivity index (χ1n) is 5.51. The summed E-state index contributed by atoms with van der Waals surface area (Å²) in [5, 5.41) is 9.13. The molecule has 0 radical (unpaired) electrons. The van der Waals surface area contributed by atoms with Crippen LogP contribution in [0.15, 0.2) is 16.7 Å². The summed E-state index contributed by atoms with van der Waals surface area (Å²) in [6, 6.07) is 1.58. The van der Waals surface area contributed by atoms with Gasteiger partial charge in [-0.25, -0.2) is 9.78 Å². The molecule has 0 bridgehead atoms. The van der Waals surface area contributed by atoms with Crippen LogP contribution in [-0.2, 0) is 0 Å². The minimum absolute atomic E-state index is 0.227. The molecule has 0 spiro atoms. The maximum Gasteiger partial charge on any atom is 0.339 e. The lowest BCUT2D eigenvalue weighted by Gasteiger charge is -2.20. The molecule has 0 atom stereocenters. The lowest BCUT2D eigenvalue weighted by molar-refractivity contribution is 0.0697. The van der Waals surface area contributed by atoms with E-state index in [1.54, 1.807) is 12.3 Å². The van der Waals surface area contributed by atoms with Crippen molar-refractivity contribution in [3.8, 4) is 0 Å². The highest BCUT2D eigenvalue weighted by Gasteiger charge is 2.15. The van der Waals surface area contributed by atoms with Gasteiger partial charge in [-0.15, -0.1) is 0 Å². The zero-order valence-corrected chi connectivity index (χ0v) is 11.9. The molecule has 0 fully saturated rings. The van der Waals surface area contributed by atoms with Gasteiger partial charge in [-0.3, -0.25) is 0 Å². The molecule has 1 heterocycles. The van der Waals surface area contributed by atoms with Crippen LogP contribution >= 0.6 is 15.9 Å². The monoisotopic (exact) mass is 300 g/mol. The third-order valence-electron chi connectivity index (χ3n) is 2.47. The zero-order chi connectivity index (χ0) is 13.0. The van der Waals surface area contributed by atoms with E-state index in [1.807, 2.05) is 11.9 Å². The first-order chi connectivity index (χ1) is 7.91. The Bertz CT molecular complexity index is 407. The number of halogens is 1. The summed E-state index contributed by atoms with van der Waals surface area (Å²) in [6.45, 7) is 5.08. The average molecular weight is 301 g/mol. The Kier molecular flexibility index (Phi) is 4.93. The molecular formula is C12H17BrN2O2. The van der Waals surface area contributed by atoms with E-state index < -0.39 is 5.97 Å². The molecule has 1 aromatic rings. The third kappa shape index (κ3) is 4.00. The molecule has 1 rings (SSSR count). The van der Waals surface area contributed by atoms with Crippen LogP contribution in [0.3, 0.4) is 0 Å². The standard InChI is InChI=1S/C12H17BrN2O2/c1-8(2)4-5-15(3)11-10(12(16)17)6-9(13)7-14-11/h6-8H,4-5H2,1-3H3,(H,16,17). The highest BCUT2D eigenvalue weighted by molar-refractivity contribution is 9.10. The molecule has 0 aromatic carbocycles. The van der Waals surface area contributed by atoms with E-state index >= 15 is 0 Å². The second kappa shape index (κ2) is 6.00. The molecule has 0 amide bonds. The Hall–Kier alpha value is -1.10. The first-order valence-corrected chi connectivity index (χ1v) is 6.31. The van der Waals surface area contributed by atoms with E-state index in [-0.39, 0.29) is 5.56 Å². The predicted octanol–water partition coefficient (Wildman–Crippen LogP) is 3.02. The van der Waals surface area contributed by atoms with Gasteiger partial charge in [0.1, 0.15) is 11.4 Å². The van der Waals surface area contributed by atoms with Crippen molar-refractivity contribution in [2.45, 2.75) is 20.3 Å². The molecule has 17 heavy (non-hydrogen) atoms. The van der Waals surface area contributed by atoms with Gasteiger partial charge < -0.3 is 10.0 Å². The van der Waals surface area contributed by atoms with Crippen molar-refractivity contribution in [1.82, 2.24) is 4.98 Å². The smallest absolute Gasteiger partial charge is 0.339 e. The van der Waals surface area contributed by atoms with Crippen LogP contribution in [-0.4, -0.2) is 29.7 Å². The number of aromatic nitrogens is 1. The average Bonchev–Trinajstić information content (AvgIpc) is 2.25. The van der Waals surface area contributed by atoms with Gasteiger partial charge in [0.25, 0.3) is 0 Å². The second-order valence-corrected chi connectivity index (χ2v) is 5.35. The maximum atomic E-state index is 11.1. The third-order valence-corrected chi connectivity index (χ3v) is 2.90. The SMILES string of the molecule is CC(C)CCN(C)c1ncc(Br)cc1C(=O)O. The van der Waals surface area contributed by atoms with Crippen molar-refractivity contribution in [3.05, 3.63) is 22.3 Å². The number of carbonyl (C=O) groups is 1. The highest BCUT2D eigenvalue weighted by atomic mass is 79.9. The summed E-state index contributed by atoms with van der Waals surface area (Å²) in [7, 11) is 1.87. The van der Waals surface area contributed by atoms with E-state index in [0.29, 0.717) is 16.2 Å². The van der Waals surface area contributed by atoms with Crippen molar-refractivity contribution in [2.75, 3.05) is 18.5 Å². The van der Waals surface area contributed by atoms with Gasteiger partial charge in [0.2, 0.25) is 0 Å². The quantitative estimate of drug-likeness (QED) is 0.908. The molecule has 1 N–H and O–H groups in total. The Morgan fingerprint density at radius 2 is 2.24 bits per heavy atom. The van der Waals surface area contributed by atoms with Crippen molar-refractivity contribution >= 4 is 27.7 Å². The minimum atomic E-state index is -0.954. The Labute approximate surface area is 110 Å². The topological polar surface area (TPSA) is 53.4 Å². The van der Waals surface area contributed by atoms with Gasteiger partial charge in [0, 0.05) is 24.3 Å². The number of hydrogen-bond donors (Lipinski definition) is 1. The number of rotatable bonds is 5. The second-order valence-electron chi connectivity index (χ2n) is 4.43. The number of carboxylic acid groups (broad SMARTS) is 1. The van der Waals surface area contributed by atoms with E-state index in [9.17, 15) is 4.79 Å². The maximum absolute atomic E-state index is 11.1. The Morgan fingerprint density at radius 1 is 1.59 bits per heavy atom. The minimum Gasteiger partial charge on any atom is -0.478 e. The number of nitrogens with zero attached hydrogens (tertiary/aromatic N) is 2. The van der Waals surface area contributed by atoms with Gasteiger partial charge in [-0.1, -0.05) is 13.8 Å². The molecule has 0 unspecified atom stereocenters. The van der Waals surface area contributed by atoms with Crippen molar-refractivity contribution in [3.63, 3.8) is 0 Å². The number of carboxylic acids is 1. The summed E-state index contributed by atoms with van der Waals surface area (Å²) in [4.78, 5) is 17.2. The summed E-state index contributed by atoms with van der Waals surface area (Å²) in [6.07, 6.45) is 2.63. The van der Waals surface area contributed by atoms with Gasteiger partial charge in [0.05, 0.1) is 0 Å². The van der Waals surface area contributed by atoms with E-state index in [1.165, 1.54) is 0 Å². The molecule has 94 valence electrons. The van der Waals surface area contributed by atoms with Gasteiger partial charge >= 0.3 is 5.97 Å². The number of pyridine rings is 1. The molecule has 0 saturated carbocycles. The van der Waals surface area contributed by atoms with Crippen LogP contribution in [0.4, 0.5) is 5.82 Å². The van der Waals surface area contributed by atoms with Crippen LogP contribution in [0, 0.1) is 5.92 Å².